The zero-order chi connectivity index (χ0) is 9.00. The molecule has 0 atom stereocenters. The Balaban J connectivity index is -0.00000000615. The van der Waals surface area contributed by atoms with Crippen molar-refractivity contribution in [1.82, 2.24) is 0 Å². The molecule has 0 radical (unpaired) electrons. The van der Waals surface area contributed by atoms with Gasteiger partial charge in [-0.25, -0.2) is 4.57 Å². The molecule has 0 aromatic rings. The molecule has 0 unspecified atom stereocenters. The molecule has 15 nitrogen and oxygen atoms in total. The van der Waals surface area contributed by atoms with E-state index in [1.165, 1.54) is 0 Å². The Bertz CT molecular complexity index is 194. The molecule has 0 bridgehead atoms. The number of hydrogen-bond donors (Lipinski definition) is 3. The van der Waals surface area contributed by atoms with Crippen LogP contribution in [-0.4, -0.2) is 93.6 Å². The quantitative estimate of drug-likeness (QED) is 0.163. The van der Waals surface area contributed by atoms with Crippen molar-refractivity contribution >= 4 is 41.3 Å². The second kappa shape index (κ2) is 30.5. The van der Waals surface area contributed by atoms with Gasteiger partial charge in [-0.2, -0.15) is 0 Å². The van der Waals surface area contributed by atoms with Crippen molar-refractivity contribution in [3.63, 3.8) is 0 Å². The molecule has 0 spiro atoms. The fourth-order valence-electron chi connectivity index (χ4n) is 0. The van der Waals surface area contributed by atoms with E-state index < -0.39 is 18.2 Å². The van der Waals surface area contributed by atoms with Crippen LogP contribution in [0.15, 0.2) is 0 Å². The Morgan fingerprint density at radius 2 is 0.722 bits per heavy atom. The first-order valence-corrected chi connectivity index (χ1v) is 4.35. The Kier molecular flexibility index (Phi) is 133. The molecule has 0 rings (SSSR count). The molecule has 17 N–H and O–H groups in total. The minimum atomic E-state index is -5.17. The van der Waals surface area contributed by atoms with Crippen LogP contribution in [0, 0.1) is 0 Å². The third-order valence-corrected chi connectivity index (χ3v) is 0. The van der Waals surface area contributed by atoms with E-state index in [1.54, 1.807) is 0 Å². The first kappa shape index (κ1) is 78.6. The topological polar surface area (TPSA) is 379 Å². The van der Waals surface area contributed by atoms with Gasteiger partial charge in [0, 0.05) is 10.4 Å². The average molecular weight is 344 g/mol. The van der Waals surface area contributed by atoms with E-state index in [1.807, 2.05) is 0 Å². The van der Waals surface area contributed by atoms with Crippen LogP contribution >= 0.6 is 7.82 Å². The van der Waals surface area contributed by atoms with Gasteiger partial charge in [0.25, 0.3) is 0 Å². The van der Waals surface area contributed by atoms with Gasteiger partial charge in [0.05, 0.1) is 0 Å². The van der Waals surface area contributed by atoms with Crippen LogP contribution in [0.4, 0.5) is 0 Å². The Labute approximate surface area is 117 Å². The van der Waals surface area contributed by atoms with E-state index in [0.29, 0.717) is 0 Å². The van der Waals surface area contributed by atoms with Crippen LogP contribution in [0.2, 0.25) is 0 Å². The normalized spacial score (nSPS) is 6.50. The van der Waals surface area contributed by atoms with Gasteiger partial charge >= 0.3 is 30.9 Å². The molecule has 0 fully saturated rings. The predicted octanol–water partition coefficient (Wildman–Crippen LogP) is -8.42. The van der Waals surface area contributed by atoms with Crippen molar-refractivity contribution in [3.8, 4) is 0 Å². The van der Waals surface area contributed by atoms with E-state index in [2.05, 4.69) is 0 Å². The first-order chi connectivity index (χ1) is 4.00. The summed E-state index contributed by atoms with van der Waals surface area (Å²) in [6.45, 7) is 0. The van der Waals surface area contributed by atoms with Crippen molar-refractivity contribution < 1.29 is 75.1 Å². The smallest absolute Gasteiger partial charge is 0.759 e. The molecule has 120 valence electrons. The third kappa shape index (κ3) is 18100. The minimum Gasteiger partial charge on any atom is -0.759 e. The summed E-state index contributed by atoms with van der Waals surface area (Å²) in [7, 11) is -9.81. The van der Waals surface area contributed by atoms with Crippen LogP contribution < -0.4 is 0 Å². The first-order valence-electron chi connectivity index (χ1n) is 1.45. The summed E-state index contributed by atoms with van der Waals surface area (Å²) in [5, 5.41) is 0. The van der Waals surface area contributed by atoms with Gasteiger partial charge in [0.1, 0.15) is 0 Å². The molecule has 18 heavy (non-hydrogen) atoms. The van der Waals surface area contributed by atoms with Gasteiger partial charge in [-0.3, -0.25) is 8.42 Å². The predicted molar refractivity (Wildman–Crippen MR) is 55.8 cm³/mol. The van der Waals surface area contributed by atoms with Gasteiger partial charge < -0.3 is 62.1 Å². The van der Waals surface area contributed by atoms with Crippen LogP contribution in [0.1, 0.15) is 0 Å². The zero-order valence-electron chi connectivity index (χ0n) is 8.45. The largest absolute Gasteiger partial charge is 2.00 e. The van der Waals surface area contributed by atoms with E-state index in [-0.39, 0.29) is 61.4 Å². The van der Waals surface area contributed by atoms with E-state index in [4.69, 9.17) is 36.8 Å². The molecule has 0 saturated heterocycles. The minimum absolute atomic E-state index is 0. The molecule has 0 amide bonds. The molecule has 18 heteroatoms. The molecular formula is H17MgO15PS. The van der Waals surface area contributed by atoms with Crippen molar-refractivity contribution in [2.24, 2.45) is 0 Å². The van der Waals surface area contributed by atoms with Gasteiger partial charge in [0.15, 0.2) is 0 Å². The molecule has 0 aliphatic rings. The van der Waals surface area contributed by atoms with Gasteiger partial charge in [-0.15, -0.1) is 0 Å². The maximum absolute atomic E-state index is 8.88. The van der Waals surface area contributed by atoms with Gasteiger partial charge in [-0.05, 0) is 0 Å². The fraction of sp³-hybridized carbons (Fsp3) is 0. The van der Waals surface area contributed by atoms with E-state index in [9.17, 15) is 0 Å². The molecule has 0 aromatic carbocycles. The second-order valence-electron chi connectivity index (χ2n) is 0.922. The number of hydrogen-bond acceptors (Lipinski definition) is 5. The molecule has 0 aliphatic carbocycles. The second-order valence-corrected chi connectivity index (χ2v) is 2.76. The molecule has 0 aliphatic heterocycles. The maximum atomic E-state index is 8.88. The molecular weight excluding hydrogens is 327 g/mol. The number of rotatable bonds is 0. The van der Waals surface area contributed by atoms with Crippen LogP contribution in [0.5, 0.6) is 0 Å². The molecule has 0 heterocycles. The zero-order valence-corrected chi connectivity index (χ0v) is 11.6. The summed E-state index contributed by atoms with van der Waals surface area (Å²) in [5.74, 6) is 0. The Hall–Kier alpha value is 0.466. The Morgan fingerprint density at radius 1 is 0.722 bits per heavy atom. The van der Waals surface area contributed by atoms with Crippen molar-refractivity contribution in [2.75, 3.05) is 0 Å². The average Bonchev–Trinajstić information content (AvgIpc) is 1.12. The van der Waals surface area contributed by atoms with Crippen molar-refractivity contribution in [2.45, 2.75) is 0 Å². The molecule has 0 aromatic heterocycles. The van der Waals surface area contributed by atoms with E-state index >= 15 is 0 Å². The Morgan fingerprint density at radius 3 is 0.722 bits per heavy atom. The van der Waals surface area contributed by atoms with Crippen LogP contribution in [0.25, 0.3) is 0 Å². The van der Waals surface area contributed by atoms with E-state index in [0.717, 1.165) is 0 Å². The summed E-state index contributed by atoms with van der Waals surface area (Å²) in [6.07, 6.45) is 0. The molecule has 0 saturated carbocycles. The van der Waals surface area contributed by atoms with Crippen LogP contribution in [0.3, 0.4) is 0 Å². The summed E-state index contributed by atoms with van der Waals surface area (Å²) in [4.78, 5) is 21.6. The third-order valence-electron chi connectivity index (χ3n) is 0. The monoisotopic (exact) mass is 344 g/mol. The standard InChI is InChI=1S/Mg.H3O4P.H2O4S.7H2O/c;2*1-5(2,3)4;;;;;;;/h;(H3,1,2,3,4);(H2,1,2,3,4);7*1H2/q+2;;;;;;;;;/p-2. The maximum Gasteiger partial charge on any atom is 2.00 e. The summed E-state index contributed by atoms with van der Waals surface area (Å²) >= 11 is 0. The fourth-order valence-corrected chi connectivity index (χ4v) is 0. The van der Waals surface area contributed by atoms with Crippen molar-refractivity contribution in [1.29, 1.82) is 0 Å². The van der Waals surface area contributed by atoms with Crippen molar-refractivity contribution in [3.05, 3.63) is 0 Å². The van der Waals surface area contributed by atoms with Crippen LogP contribution in [-0.2, 0) is 15.0 Å². The van der Waals surface area contributed by atoms with Gasteiger partial charge in [-0.1, -0.05) is 0 Å². The summed E-state index contributed by atoms with van der Waals surface area (Å²) < 4.78 is 43.0. The summed E-state index contributed by atoms with van der Waals surface area (Å²) in [6, 6.07) is 0. The summed E-state index contributed by atoms with van der Waals surface area (Å²) in [5.41, 5.74) is 0. The van der Waals surface area contributed by atoms with Gasteiger partial charge in [0.2, 0.25) is 0 Å². The number of phosphoric acid groups is 1. The SMILES string of the molecule is O.O.O.O.O.O.O.O=P(O)(O)O.O=S(=O)([O-])[O-].[Mg+2].